The predicted molar refractivity (Wildman–Crippen MR) is 84.1 cm³/mol. The van der Waals surface area contributed by atoms with E-state index in [0.29, 0.717) is 20.6 Å². The lowest BCUT2D eigenvalue weighted by molar-refractivity contribution is 0.103. The van der Waals surface area contributed by atoms with Crippen LogP contribution in [0.25, 0.3) is 0 Å². The zero-order valence-electron chi connectivity index (χ0n) is 8.64. The molecule has 1 aromatic heterocycles. The van der Waals surface area contributed by atoms with Crippen LogP contribution in [0.15, 0.2) is 32.5 Å². The van der Waals surface area contributed by atoms with Gasteiger partial charge in [-0.05, 0) is 56.1 Å². The minimum atomic E-state index is -0.204. The molecule has 0 aliphatic rings. The summed E-state index contributed by atoms with van der Waals surface area (Å²) in [5, 5.41) is 3.70. The van der Waals surface area contributed by atoms with Crippen LogP contribution in [0.5, 0.6) is 0 Å². The molecular weight excluding hydrogens is 425 g/mol. The fourth-order valence-electron chi connectivity index (χ4n) is 1.28. The number of benzene rings is 1. The van der Waals surface area contributed by atoms with E-state index in [9.17, 15) is 4.79 Å². The molecule has 1 heterocycles. The largest absolute Gasteiger partial charge is 0.321 e. The molecule has 18 heavy (non-hydrogen) atoms. The van der Waals surface area contributed by atoms with Crippen LogP contribution in [0.3, 0.4) is 0 Å². The maximum atomic E-state index is 12.0. The number of anilines is 1. The van der Waals surface area contributed by atoms with Crippen LogP contribution in [-0.2, 0) is 0 Å². The van der Waals surface area contributed by atoms with Crippen molar-refractivity contribution in [3.8, 4) is 0 Å². The second-order valence-corrected chi connectivity index (χ2v) is 7.44. The molecule has 0 saturated heterocycles. The van der Waals surface area contributed by atoms with E-state index in [1.54, 1.807) is 24.3 Å². The van der Waals surface area contributed by atoms with Crippen molar-refractivity contribution in [2.45, 2.75) is 0 Å². The van der Waals surface area contributed by atoms with Gasteiger partial charge < -0.3 is 5.32 Å². The van der Waals surface area contributed by atoms with Crippen LogP contribution in [0, 0.1) is 0 Å². The number of hydrogen-bond acceptors (Lipinski definition) is 2. The first-order chi connectivity index (χ1) is 8.45. The summed E-state index contributed by atoms with van der Waals surface area (Å²) in [6.45, 7) is 0. The molecule has 0 fully saturated rings. The molecule has 0 radical (unpaired) electrons. The summed E-state index contributed by atoms with van der Waals surface area (Å²) in [6, 6.07) is 6.64. The number of thiophene rings is 1. The van der Waals surface area contributed by atoms with Crippen molar-refractivity contribution in [2.75, 3.05) is 5.32 Å². The Morgan fingerprint density at radius 1 is 1.11 bits per heavy atom. The molecule has 0 aliphatic heterocycles. The standard InChI is InChI=1S/C11H5Br2Cl2NOS/c12-8-4-9(18-10(8)13)11(17)16-7-2-5(14)1-6(15)3-7/h1-4H,(H,16,17). The van der Waals surface area contributed by atoms with E-state index in [1.807, 2.05) is 0 Å². The van der Waals surface area contributed by atoms with E-state index in [4.69, 9.17) is 23.2 Å². The van der Waals surface area contributed by atoms with Gasteiger partial charge in [0.05, 0.1) is 8.66 Å². The maximum absolute atomic E-state index is 12.0. The Morgan fingerprint density at radius 2 is 1.72 bits per heavy atom. The monoisotopic (exact) mass is 427 g/mol. The van der Waals surface area contributed by atoms with Crippen LogP contribution in [-0.4, -0.2) is 5.91 Å². The molecule has 2 rings (SSSR count). The van der Waals surface area contributed by atoms with Gasteiger partial charge in [-0.15, -0.1) is 11.3 Å². The quantitative estimate of drug-likeness (QED) is 0.639. The molecule has 2 aromatic rings. The molecule has 7 heteroatoms. The number of hydrogen-bond donors (Lipinski definition) is 1. The topological polar surface area (TPSA) is 29.1 Å². The SMILES string of the molecule is O=C(Nc1cc(Cl)cc(Cl)c1)c1cc(Br)c(Br)s1. The second kappa shape index (κ2) is 5.92. The minimum absolute atomic E-state index is 0.204. The van der Waals surface area contributed by atoms with Crippen LogP contribution >= 0.6 is 66.4 Å². The van der Waals surface area contributed by atoms with Gasteiger partial charge in [0.15, 0.2) is 0 Å². The van der Waals surface area contributed by atoms with Gasteiger partial charge in [0.1, 0.15) is 0 Å². The van der Waals surface area contributed by atoms with Gasteiger partial charge in [-0.25, -0.2) is 0 Å². The summed E-state index contributed by atoms with van der Waals surface area (Å²) >= 11 is 19.7. The van der Waals surface area contributed by atoms with Gasteiger partial charge in [0, 0.05) is 20.2 Å². The Kier molecular flexibility index (Phi) is 4.72. The summed E-state index contributed by atoms with van der Waals surface area (Å²) in [5.74, 6) is -0.204. The van der Waals surface area contributed by atoms with Crippen molar-refractivity contribution in [1.29, 1.82) is 0 Å². The molecule has 0 unspecified atom stereocenters. The average Bonchev–Trinajstić information content (AvgIpc) is 2.57. The Balaban J connectivity index is 2.21. The molecule has 94 valence electrons. The summed E-state index contributed by atoms with van der Waals surface area (Å²) in [5.41, 5.74) is 0.568. The first kappa shape index (κ1) is 14.3. The normalized spacial score (nSPS) is 10.4. The van der Waals surface area contributed by atoms with Crippen LogP contribution in [0.2, 0.25) is 10.0 Å². The molecule has 1 N–H and O–H groups in total. The molecule has 0 atom stereocenters. The molecule has 0 bridgehead atoms. The van der Waals surface area contributed by atoms with Crippen LogP contribution in [0.1, 0.15) is 9.67 Å². The lowest BCUT2D eigenvalue weighted by Gasteiger charge is -2.04. The highest BCUT2D eigenvalue weighted by Gasteiger charge is 2.12. The van der Waals surface area contributed by atoms with E-state index < -0.39 is 0 Å². The van der Waals surface area contributed by atoms with Gasteiger partial charge >= 0.3 is 0 Å². The Hall–Kier alpha value is -0.0700. The van der Waals surface area contributed by atoms with Crippen LogP contribution < -0.4 is 5.32 Å². The van der Waals surface area contributed by atoms with Crippen molar-refractivity contribution in [3.63, 3.8) is 0 Å². The smallest absolute Gasteiger partial charge is 0.265 e. The highest BCUT2D eigenvalue weighted by molar-refractivity contribution is 9.13. The zero-order chi connectivity index (χ0) is 13.3. The lowest BCUT2D eigenvalue weighted by Crippen LogP contribution is -2.09. The third-order valence-corrected chi connectivity index (χ3v) is 5.68. The van der Waals surface area contributed by atoms with Gasteiger partial charge in [-0.2, -0.15) is 0 Å². The minimum Gasteiger partial charge on any atom is -0.321 e. The summed E-state index contributed by atoms with van der Waals surface area (Å²) < 4.78 is 1.72. The van der Waals surface area contributed by atoms with E-state index in [1.165, 1.54) is 11.3 Å². The third kappa shape index (κ3) is 3.48. The van der Waals surface area contributed by atoms with Crippen molar-refractivity contribution in [2.24, 2.45) is 0 Å². The number of carbonyl (C=O) groups excluding carboxylic acids is 1. The van der Waals surface area contributed by atoms with Gasteiger partial charge in [-0.3, -0.25) is 4.79 Å². The molecule has 2 nitrogen and oxygen atoms in total. The Morgan fingerprint density at radius 3 is 2.22 bits per heavy atom. The third-order valence-electron chi connectivity index (χ3n) is 1.99. The zero-order valence-corrected chi connectivity index (χ0v) is 14.1. The molecular formula is C11H5Br2Cl2NOS. The number of amides is 1. The lowest BCUT2D eigenvalue weighted by atomic mass is 10.3. The number of nitrogens with one attached hydrogen (secondary N) is 1. The first-order valence-corrected chi connectivity index (χ1v) is 7.84. The summed E-state index contributed by atoms with van der Waals surface area (Å²) in [6.07, 6.45) is 0. The highest BCUT2D eigenvalue weighted by Crippen LogP contribution is 2.33. The predicted octanol–water partition coefficient (Wildman–Crippen LogP) is 5.83. The molecule has 0 aliphatic carbocycles. The van der Waals surface area contributed by atoms with Crippen molar-refractivity contribution in [1.82, 2.24) is 0 Å². The van der Waals surface area contributed by atoms with Crippen molar-refractivity contribution in [3.05, 3.63) is 47.4 Å². The number of carbonyl (C=O) groups is 1. The van der Waals surface area contributed by atoms with Gasteiger partial charge in [0.2, 0.25) is 0 Å². The van der Waals surface area contributed by atoms with Crippen LogP contribution in [0.4, 0.5) is 5.69 Å². The highest BCUT2D eigenvalue weighted by atomic mass is 79.9. The van der Waals surface area contributed by atoms with E-state index in [2.05, 4.69) is 37.2 Å². The Bertz CT molecular complexity index is 575. The van der Waals surface area contributed by atoms with Crippen molar-refractivity contribution < 1.29 is 4.79 Å². The molecule has 0 spiro atoms. The first-order valence-electron chi connectivity index (χ1n) is 4.68. The van der Waals surface area contributed by atoms with Crippen molar-refractivity contribution >= 4 is 78.0 Å². The molecule has 1 amide bonds. The summed E-state index contributed by atoms with van der Waals surface area (Å²) in [7, 11) is 0. The number of halogens is 4. The second-order valence-electron chi connectivity index (χ2n) is 3.34. The number of rotatable bonds is 2. The molecule has 1 aromatic carbocycles. The molecule has 0 saturated carbocycles. The summed E-state index contributed by atoms with van der Waals surface area (Å²) in [4.78, 5) is 12.6. The average molecular weight is 430 g/mol. The van der Waals surface area contributed by atoms with E-state index in [0.717, 1.165) is 8.26 Å². The fraction of sp³-hybridized carbons (Fsp3) is 0. The van der Waals surface area contributed by atoms with E-state index in [-0.39, 0.29) is 5.91 Å². The fourth-order valence-corrected chi connectivity index (χ4v) is 3.73. The van der Waals surface area contributed by atoms with E-state index >= 15 is 0 Å². The maximum Gasteiger partial charge on any atom is 0.265 e. The van der Waals surface area contributed by atoms with Gasteiger partial charge in [0.25, 0.3) is 5.91 Å². The Labute approximate surface area is 135 Å². The van der Waals surface area contributed by atoms with Gasteiger partial charge in [-0.1, -0.05) is 23.2 Å².